The fourth-order valence-electron chi connectivity index (χ4n) is 1.30. The summed E-state index contributed by atoms with van der Waals surface area (Å²) in [6.45, 7) is 4.34. The predicted molar refractivity (Wildman–Crippen MR) is 67.8 cm³/mol. The molecule has 0 aliphatic heterocycles. The first-order valence-corrected chi connectivity index (χ1v) is 5.82. The first-order chi connectivity index (χ1) is 8.98. The number of esters is 2. The topological polar surface area (TPSA) is 77.3 Å². The van der Waals surface area contributed by atoms with Gasteiger partial charge in [-0.2, -0.15) is 5.11 Å². The Morgan fingerprint density at radius 1 is 1.26 bits per heavy atom. The highest BCUT2D eigenvalue weighted by Gasteiger charge is 2.39. The van der Waals surface area contributed by atoms with Gasteiger partial charge in [-0.1, -0.05) is 18.2 Å². The number of rotatable bonds is 5. The van der Waals surface area contributed by atoms with Crippen LogP contribution in [0, 0.1) is 0 Å². The molecule has 0 heterocycles. The maximum Gasteiger partial charge on any atom is 0.375 e. The number of hydrogen-bond acceptors (Lipinski definition) is 6. The number of nitrogens with zero attached hydrogens (tertiary/aromatic N) is 2. The summed E-state index contributed by atoms with van der Waals surface area (Å²) in [5, 5.41) is 7.67. The van der Waals surface area contributed by atoms with E-state index in [1.807, 2.05) is 6.07 Å². The smallest absolute Gasteiger partial charge is 0.375 e. The van der Waals surface area contributed by atoms with Crippen LogP contribution in [-0.4, -0.2) is 24.3 Å². The van der Waals surface area contributed by atoms with Crippen LogP contribution in [0.15, 0.2) is 40.6 Å². The maximum absolute atomic E-state index is 11.8. The minimum absolute atomic E-state index is 0.163. The Morgan fingerprint density at radius 2 is 1.89 bits per heavy atom. The lowest BCUT2D eigenvalue weighted by molar-refractivity contribution is -0.178. The van der Waals surface area contributed by atoms with E-state index in [-0.39, 0.29) is 6.61 Å². The van der Waals surface area contributed by atoms with Gasteiger partial charge in [0.05, 0.1) is 12.3 Å². The lowest BCUT2D eigenvalue weighted by Crippen LogP contribution is -2.39. The van der Waals surface area contributed by atoms with Gasteiger partial charge in [0, 0.05) is 13.8 Å². The van der Waals surface area contributed by atoms with Crippen molar-refractivity contribution in [3.63, 3.8) is 0 Å². The second-order valence-electron chi connectivity index (χ2n) is 3.83. The first kappa shape index (κ1) is 14.8. The molecule has 0 aliphatic carbocycles. The van der Waals surface area contributed by atoms with Gasteiger partial charge in [-0.05, 0) is 19.1 Å². The van der Waals surface area contributed by atoms with Gasteiger partial charge >= 0.3 is 17.7 Å². The zero-order chi connectivity index (χ0) is 14.3. The quantitative estimate of drug-likeness (QED) is 0.605. The minimum Gasteiger partial charge on any atom is -0.461 e. The highest BCUT2D eigenvalue weighted by molar-refractivity contribution is 5.82. The van der Waals surface area contributed by atoms with E-state index < -0.39 is 17.7 Å². The minimum atomic E-state index is -1.77. The van der Waals surface area contributed by atoms with Gasteiger partial charge in [-0.3, -0.25) is 4.79 Å². The highest BCUT2D eigenvalue weighted by atomic mass is 16.6. The summed E-state index contributed by atoms with van der Waals surface area (Å²) in [5.74, 6) is -1.40. The normalized spacial score (nSPS) is 13.8. The van der Waals surface area contributed by atoms with Crippen molar-refractivity contribution in [2.24, 2.45) is 10.2 Å². The summed E-state index contributed by atoms with van der Waals surface area (Å²) in [6, 6.07) is 8.81. The number of azo groups is 1. The molecule has 0 N–H and O–H groups in total. The van der Waals surface area contributed by atoms with Crippen molar-refractivity contribution in [1.82, 2.24) is 0 Å². The summed E-state index contributed by atoms with van der Waals surface area (Å²) in [7, 11) is 0. The number of carbonyl (C=O) groups excluding carboxylic acids is 2. The molecule has 0 amide bonds. The van der Waals surface area contributed by atoms with Crippen LogP contribution in [0.25, 0.3) is 0 Å². The van der Waals surface area contributed by atoms with Crippen LogP contribution in [0.1, 0.15) is 20.8 Å². The van der Waals surface area contributed by atoms with E-state index in [9.17, 15) is 9.59 Å². The number of carbonyl (C=O) groups is 2. The third kappa shape index (κ3) is 4.50. The van der Waals surface area contributed by atoms with Crippen LogP contribution in [0.4, 0.5) is 5.69 Å². The molecule has 0 aliphatic rings. The van der Waals surface area contributed by atoms with Crippen molar-refractivity contribution in [1.29, 1.82) is 0 Å². The van der Waals surface area contributed by atoms with Crippen molar-refractivity contribution in [3.8, 4) is 0 Å². The maximum atomic E-state index is 11.8. The molecule has 6 heteroatoms. The van der Waals surface area contributed by atoms with E-state index in [0.29, 0.717) is 5.69 Å². The second kappa shape index (κ2) is 6.63. The van der Waals surface area contributed by atoms with Crippen molar-refractivity contribution in [3.05, 3.63) is 30.3 Å². The van der Waals surface area contributed by atoms with Crippen LogP contribution in [0.5, 0.6) is 0 Å². The summed E-state index contributed by atoms with van der Waals surface area (Å²) in [5.41, 5.74) is -1.22. The van der Waals surface area contributed by atoms with Gasteiger partial charge < -0.3 is 9.47 Å². The average molecular weight is 264 g/mol. The van der Waals surface area contributed by atoms with E-state index in [4.69, 9.17) is 9.47 Å². The molecule has 102 valence electrons. The molecule has 0 saturated heterocycles. The van der Waals surface area contributed by atoms with Gasteiger partial charge in [-0.25, -0.2) is 4.79 Å². The first-order valence-electron chi connectivity index (χ1n) is 5.82. The molecule has 1 aromatic rings. The SMILES string of the molecule is CCOC(=O)C(C)(N=Nc1ccccc1)OC(C)=O. The van der Waals surface area contributed by atoms with Crippen molar-refractivity contribution in [2.45, 2.75) is 26.5 Å². The molecule has 0 spiro atoms. The molecule has 1 atom stereocenters. The number of ether oxygens (including phenoxy) is 2. The third-order valence-electron chi connectivity index (χ3n) is 2.11. The summed E-state index contributed by atoms with van der Waals surface area (Å²) in [4.78, 5) is 22.8. The molecule has 6 nitrogen and oxygen atoms in total. The van der Waals surface area contributed by atoms with Crippen molar-refractivity contribution >= 4 is 17.6 Å². The third-order valence-corrected chi connectivity index (χ3v) is 2.11. The second-order valence-corrected chi connectivity index (χ2v) is 3.83. The zero-order valence-electron chi connectivity index (χ0n) is 11.1. The average Bonchev–Trinajstić information content (AvgIpc) is 2.37. The molecule has 1 aromatic carbocycles. The molecule has 0 fully saturated rings. The number of hydrogen-bond donors (Lipinski definition) is 0. The van der Waals surface area contributed by atoms with Crippen LogP contribution in [0.2, 0.25) is 0 Å². The van der Waals surface area contributed by atoms with Crippen LogP contribution >= 0.6 is 0 Å². The Balaban J connectivity index is 2.94. The molecule has 1 rings (SSSR count). The Bertz CT molecular complexity index is 473. The summed E-state index contributed by atoms with van der Waals surface area (Å²) in [6.07, 6.45) is 0. The van der Waals surface area contributed by atoms with E-state index in [0.717, 1.165) is 0 Å². The van der Waals surface area contributed by atoms with Crippen LogP contribution < -0.4 is 0 Å². The molecular weight excluding hydrogens is 248 g/mol. The molecule has 0 radical (unpaired) electrons. The molecule has 19 heavy (non-hydrogen) atoms. The summed E-state index contributed by atoms with van der Waals surface area (Å²) >= 11 is 0. The van der Waals surface area contributed by atoms with E-state index >= 15 is 0 Å². The Morgan fingerprint density at radius 3 is 2.42 bits per heavy atom. The van der Waals surface area contributed by atoms with Gasteiger partial charge in [0.25, 0.3) is 0 Å². The van der Waals surface area contributed by atoms with Gasteiger partial charge in [0.2, 0.25) is 0 Å². The standard InChI is InChI=1S/C13H16N2O4/c1-4-18-12(17)13(3,19-10(2)16)15-14-11-8-6-5-7-9-11/h5-9H,4H2,1-3H3. The highest BCUT2D eigenvalue weighted by Crippen LogP contribution is 2.20. The van der Waals surface area contributed by atoms with Gasteiger partial charge in [0.1, 0.15) is 0 Å². The molecule has 0 saturated carbocycles. The Hall–Kier alpha value is -2.24. The van der Waals surface area contributed by atoms with Crippen LogP contribution in [0.3, 0.4) is 0 Å². The van der Waals surface area contributed by atoms with Gasteiger partial charge in [0.15, 0.2) is 0 Å². The lowest BCUT2D eigenvalue weighted by atomic mass is 10.3. The van der Waals surface area contributed by atoms with E-state index in [1.165, 1.54) is 13.8 Å². The predicted octanol–water partition coefficient (Wildman–Crippen LogP) is 2.61. The molecule has 0 bridgehead atoms. The summed E-state index contributed by atoms with van der Waals surface area (Å²) < 4.78 is 9.73. The molecule has 0 aromatic heterocycles. The molecule has 1 unspecified atom stereocenters. The van der Waals surface area contributed by atoms with E-state index in [1.54, 1.807) is 31.2 Å². The fourth-order valence-corrected chi connectivity index (χ4v) is 1.30. The molecular formula is C13H16N2O4. The van der Waals surface area contributed by atoms with Gasteiger partial charge in [-0.15, -0.1) is 5.11 Å². The monoisotopic (exact) mass is 264 g/mol. The Kier molecular flexibility index (Phi) is 5.17. The van der Waals surface area contributed by atoms with Crippen molar-refractivity contribution < 1.29 is 19.1 Å². The zero-order valence-corrected chi connectivity index (χ0v) is 11.1. The van der Waals surface area contributed by atoms with Crippen LogP contribution in [-0.2, 0) is 19.1 Å². The lowest BCUT2D eigenvalue weighted by Gasteiger charge is -2.20. The fraction of sp³-hybridized carbons (Fsp3) is 0.385. The largest absolute Gasteiger partial charge is 0.461 e. The van der Waals surface area contributed by atoms with Crippen molar-refractivity contribution in [2.75, 3.05) is 6.61 Å². The number of benzene rings is 1. The Labute approximate surface area is 111 Å². The van der Waals surface area contributed by atoms with E-state index in [2.05, 4.69) is 10.2 Å².